The highest BCUT2D eigenvalue weighted by Crippen LogP contribution is 2.58. The maximum atomic E-state index is 13.2. The van der Waals surface area contributed by atoms with Gasteiger partial charge in [0.25, 0.3) is 0 Å². The van der Waals surface area contributed by atoms with Gasteiger partial charge in [0.1, 0.15) is 23.0 Å². The molecule has 7 heteroatoms. The highest BCUT2D eigenvalue weighted by Gasteiger charge is 2.54. The molecule has 0 fully saturated rings. The summed E-state index contributed by atoms with van der Waals surface area (Å²) in [6.45, 7) is 2.26. The van der Waals surface area contributed by atoms with Crippen LogP contribution in [0, 0.1) is 0 Å². The summed E-state index contributed by atoms with van der Waals surface area (Å²) in [6.07, 6.45) is 17.2. The molecule has 2 aliphatic heterocycles. The zero-order chi connectivity index (χ0) is 31.8. The van der Waals surface area contributed by atoms with Crippen LogP contribution in [0.2, 0.25) is 0 Å². The normalized spacial score (nSPS) is 17.7. The molecule has 2 heterocycles. The van der Waals surface area contributed by atoms with Gasteiger partial charge in [-0.25, -0.2) is 4.79 Å². The van der Waals surface area contributed by atoms with Crippen LogP contribution in [0.3, 0.4) is 0 Å². The molecule has 0 saturated heterocycles. The lowest BCUT2D eigenvalue weighted by Crippen LogP contribution is -2.34. The number of carbonyl (C=O) groups is 1. The number of rotatable bonds is 17. The fourth-order valence-corrected chi connectivity index (χ4v) is 7.56. The molecule has 0 bridgehead atoms. The molecule has 0 aliphatic carbocycles. The molecule has 5 rings (SSSR count). The van der Waals surface area contributed by atoms with E-state index < -0.39 is 11.6 Å². The number of halogens is 2. The number of aromatic hydroxyl groups is 2. The summed E-state index contributed by atoms with van der Waals surface area (Å²) in [6, 6.07) is 15.3. The number of carbonyl (C=O) groups excluding carboxylic acids is 1. The van der Waals surface area contributed by atoms with Crippen molar-refractivity contribution in [2.24, 2.45) is 0 Å². The molecular weight excluding hydrogens is 607 g/mol. The van der Waals surface area contributed by atoms with E-state index in [1.807, 2.05) is 18.2 Å². The van der Waals surface area contributed by atoms with Crippen LogP contribution in [0.5, 0.6) is 23.0 Å². The molecule has 3 aromatic rings. The van der Waals surface area contributed by atoms with Crippen molar-refractivity contribution in [1.29, 1.82) is 0 Å². The molecule has 3 atom stereocenters. The molecule has 2 N–H and O–H groups in total. The van der Waals surface area contributed by atoms with Crippen molar-refractivity contribution in [3.63, 3.8) is 0 Å². The van der Waals surface area contributed by atoms with Gasteiger partial charge in [-0.2, -0.15) is 0 Å². The maximum Gasteiger partial charge on any atom is 0.340 e. The number of hydrogen-bond acceptors (Lipinski definition) is 5. The second-order valence-corrected chi connectivity index (χ2v) is 13.9. The van der Waals surface area contributed by atoms with Crippen LogP contribution in [-0.2, 0) is 16.8 Å². The van der Waals surface area contributed by atoms with Crippen LogP contribution < -0.4 is 4.74 Å². The van der Waals surface area contributed by atoms with Gasteiger partial charge >= 0.3 is 5.97 Å². The molecule has 45 heavy (non-hydrogen) atoms. The van der Waals surface area contributed by atoms with E-state index in [2.05, 4.69) is 6.92 Å². The molecule has 2 aliphatic rings. The molecule has 0 saturated carbocycles. The number of hydrogen-bond donors (Lipinski definition) is 2. The van der Waals surface area contributed by atoms with E-state index in [0.717, 1.165) is 37.7 Å². The predicted molar refractivity (Wildman–Crippen MR) is 181 cm³/mol. The van der Waals surface area contributed by atoms with Crippen molar-refractivity contribution < 1.29 is 24.5 Å². The Hall–Kier alpha value is -2.89. The first-order chi connectivity index (χ1) is 21.8. The number of benzene rings is 3. The lowest BCUT2D eigenvalue weighted by Gasteiger charge is -2.38. The largest absolute Gasteiger partial charge is 0.508 e. The Morgan fingerprint density at radius 3 is 2.07 bits per heavy atom. The Morgan fingerprint density at radius 1 is 0.711 bits per heavy atom. The Kier molecular flexibility index (Phi) is 11.6. The monoisotopic (exact) mass is 652 g/mol. The van der Waals surface area contributed by atoms with Gasteiger partial charge in [0, 0.05) is 34.0 Å². The fourth-order valence-electron chi connectivity index (χ4n) is 6.93. The molecule has 0 aromatic heterocycles. The Bertz CT molecular complexity index is 1460. The molecule has 0 amide bonds. The number of unbranched alkanes of at least 4 members (excludes halogenated alkanes) is 9. The third kappa shape index (κ3) is 7.74. The van der Waals surface area contributed by atoms with Crippen LogP contribution >= 0.6 is 23.2 Å². The Labute approximate surface area is 277 Å². The van der Waals surface area contributed by atoms with Crippen LogP contribution in [0.25, 0.3) is 0 Å². The first-order valence-electron chi connectivity index (χ1n) is 16.8. The number of alkyl halides is 2. The fraction of sp³-hybridized carbons (Fsp3) is 0.500. The number of phenols is 2. The second kappa shape index (κ2) is 15.6. The number of ether oxygens (including phenoxy) is 2. The van der Waals surface area contributed by atoms with E-state index in [4.69, 9.17) is 32.7 Å². The van der Waals surface area contributed by atoms with E-state index in [1.54, 1.807) is 24.3 Å². The van der Waals surface area contributed by atoms with Crippen molar-refractivity contribution in [3.8, 4) is 23.0 Å². The minimum absolute atomic E-state index is 0.0264. The summed E-state index contributed by atoms with van der Waals surface area (Å²) in [5.74, 6) is 0.364. The SMILES string of the molecule is CCCCCCCCCCCC(Cl)CCCCC(Cl)Cc1cc(O)cc2c1C1(OC(=O)c3ccccc31)c1ccc(O)cc1O2. The summed E-state index contributed by atoms with van der Waals surface area (Å²) in [7, 11) is 0. The Balaban J connectivity index is 1.20. The summed E-state index contributed by atoms with van der Waals surface area (Å²) in [5, 5.41) is 20.9. The van der Waals surface area contributed by atoms with Gasteiger partial charge in [-0.3, -0.25) is 0 Å². The molecule has 242 valence electrons. The molecule has 0 radical (unpaired) electrons. The van der Waals surface area contributed by atoms with E-state index in [1.165, 1.54) is 69.9 Å². The minimum Gasteiger partial charge on any atom is -0.508 e. The van der Waals surface area contributed by atoms with Gasteiger partial charge < -0.3 is 19.7 Å². The summed E-state index contributed by atoms with van der Waals surface area (Å²) in [4.78, 5) is 13.2. The minimum atomic E-state index is -1.29. The van der Waals surface area contributed by atoms with Gasteiger partial charge in [-0.05, 0) is 55.5 Å². The van der Waals surface area contributed by atoms with Gasteiger partial charge in [-0.15, -0.1) is 23.2 Å². The standard InChI is InChI=1S/C38H46Cl2O5/c1-2-3-4-5-6-7-8-9-10-15-27(39)16-11-12-17-28(40)22-26-23-30(42)25-35-36(26)38(33-21-20-29(41)24-34(33)44-35)32-19-14-13-18-31(32)37(43)45-38/h13-14,18-21,23-25,27-28,41-42H,2-12,15-17,22H2,1H3. The molecular formula is C38H46Cl2O5. The Morgan fingerprint density at radius 2 is 1.33 bits per heavy atom. The van der Waals surface area contributed by atoms with Gasteiger partial charge in [0.05, 0.1) is 11.1 Å². The van der Waals surface area contributed by atoms with Gasteiger partial charge in [0.15, 0.2) is 5.60 Å². The summed E-state index contributed by atoms with van der Waals surface area (Å²) >= 11 is 13.6. The van der Waals surface area contributed by atoms with E-state index in [-0.39, 0.29) is 22.3 Å². The average Bonchev–Trinajstić information content (AvgIpc) is 3.30. The molecule has 3 unspecified atom stereocenters. The quantitative estimate of drug-likeness (QED) is 0.0861. The smallest absolute Gasteiger partial charge is 0.340 e. The summed E-state index contributed by atoms with van der Waals surface area (Å²) < 4.78 is 12.5. The van der Waals surface area contributed by atoms with Gasteiger partial charge in [0.2, 0.25) is 0 Å². The highest BCUT2D eigenvalue weighted by atomic mass is 35.5. The maximum absolute atomic E-state index is 13.2. The zero-order valence-electron chi connectivity index (χ0n) is 26.3. The van der Waals surface area contributed by atoms with E-state index >= 15 is 0 Å². The third-order valence-electron chi connectivity index (χ3n) is 9.20. The van der Waals surface area contributed by atoms with Crippen LogP contribution in [0.4, 0.5) is 0 Å². The van der Waals surface area contributed by atoms with E-state index in [9.17, 15) is 15.0 Å². The number of fused-ring (bicyclic) bond motifs is 6. The van der Waals surface area contributed by atoms with Crippen molar-refractivity contribution in [3.05, 3.63) is 82.4 Å². The first-order valence-corrected chi connectivity index (χ1v) is 17.7. The first kappa shape index (κ1) is 33.5. The zero-order valence-corrected chi connectivity index (χ0v) is 27.8. The lowest BCUT2D eigenvalue weighted by atomic mass is 9.75. The number of esters is 1. The van der Waals surface area contributed by atoms with Crippen LogP contribution in [-0.4, -0.2) is 26.9 Å². The van der Waals surface area contributed by atoms with Crippen molar-refractivity contribution >= 4 is 29.2 Å². The predicted octanol–water partition coefficient (Wildman–Crippen LogP) is 10.9. The third-order valence-corrected chi connectivity index (χ3v) is 10.0. The van der Waals surface area contributed by atoms with Crippen LogP contribution in [0.15, 0.2) is 54.6 Å². The lowest BCUT2D eigenvalue weighted by molar-refractivity contribution is 0.0221. The average molecular weight is 654 g/mol. The molecule has 5 nitrogen and oxygen atoms in total. The summed E-state index contributed by atoms with van der Waals surface area (Å²) in [5.41, 5.74) is 1.92. The topological polar surface area (TPSA) is 76.0 Å². The van der Waals surface area contributed by atoms with Crippen molar-refractivity contribution in [1.82, 2.24) is 0 Å². The van der Waals surface area contributed by atoms with E-state index in [0.29, 0.717) is 40.2 Å². The van der Waals surface area contributed by atoms with Crippen molar-refractivity contribution in [2.45, 2.75) is 120 Å². The number of phenolic OH excluding ortho intramolecular Hbond substituents is 2. The van der Waals surface area contributed by atoms with Crippen molar-refractivity contribution in [2.75, 3.05) is 0 Å². The highest BCUT2D eigenvalue weighted by molar-refractivity contribution is 6.21. The molecule has 1 spiro atoms. The molecule has 3 aromatic carbocycles. The van der Waals surface area contributed by atoms with Crippen LogP contribution in [0.1, 0.15) is 129 Å². The second-order valence-electron chi connectivity index (χ2n) is 12.7. The van der Waals surface area contributed by atoms with Gasteiger partial charge in [-0.1, -0.05) is 95.8 Å².